The van der Waals surface area contributed by atoms with Gasteiger partial charge in [0.25, 0.3) is 0 Å². The van der Waals surface area contributed by atoms with Gasteiger partial charge in [-0.25, -0.2) is 0 Å². The van der Waals surface area contributed by atoms with E-state index in [0.29, 0.717) is 15.5 Å². The first kappa shape index (κ1) is 12.9. The monoisotopic (exact) mass is 331 g/mol. The van der Waals surface area contributed by atoms with Crippen molar-refractivity contribution in [3.63, 3.8) is 0 Å². The molecule has 0 aliphatic carbocycles. The molecule has 0 atom stereocenters. The van der Waals surface area contributed by atoms with E-state index < -0.39 is 4.92 Å². The average molecular weight is 333 g/mol. The molecule has 0 saturated heterocycles. The summed E-state index contributed by atoms with van der Waals surface area (Å²) in [6.45, 7) is 0.0901. The molecule has 0 spiro atoms. The number of furan rings is 1. The zero-order valence-corrected chi connectivity index (χ0v) is 11.3. The minimum Gasteiger partial charge on any atom is -0.479 e. The molecule has 0 N–H and O–H groups in total. The third-order valence-corrected chi connectivity index (χ3v) is 2.78. The van der Waals surface area contributed by atoms with E-state index in [2.05, 4.69) is 15.9 Å². The zero-order valence-electron chi connectivity index (χ0n) is 8.93. The third kappa shape index (κ3) is 3.02. The summed E-state index contributed by atoms with van der Waals surface area (Å²) in [4.78, 5) is 10.3. The Morgan fingerprint density at radius 3 is 2.78 bits per heavy atom. The number of nitro benzene ring substituents is 1. The molecule has 0 bridgehead atoms. The average Bonchev–Trinajstić information content (AvgIpc) is 2.72. The summed E-state index contributed by atoms with van der Waals surface area (Å²) < 4.78 is 11.1. The lowest BCUT2D eigenvalue weighted by Gasteiger charge is -2.05. The smallest absolute Gasteiger partial charge is 0.311 e. The Bertz CT molecular complexity index is 584. The summed E-state index contributed by atoms with van der Waals surface area (Å²) in [5, 5.41) is 11.2. The standard InChI is InChI=1S/C11H7BrClNO4/c12-11-4-2-8(18-11)6-17-10-5-7(13)1-3-9(10)14(15)16/h1-5H,6H2. The molecule has 0 amide bonds. The van der Waals surface area contributed by atoms with Crippen LogP contribution in [0.3, 0.4) is 0 Å². The van der Waals surface area contributed by atoms with Crippen LogP contribution in [0.15, 0.2) is 39.4 Å². The second-order valence-corrected chi connectivity index (χ2v) is 4.58. The van der Waals surface area contributed by atoms with Gasteiger partial charge in [-0.15, -0.1) is 0 Å². The number of halogens is 2. The SMILES string of the molecule is O=[N+]([O-])c1ccc(Cl)cc1OCc1ccc(Br)o1. The predicted molar refractivity (Wildman–Crippen MR) is 68.8 cm³/mol. The molecule has 0 aliphatic rings. The molecule has 18 heavy (non-hydrogen) atoms. The number of benzene rings is 1. The van der Waals surface area contributed by atoms with Crippen LogP contribution >= 0.6 is 27.5 Å². The Balaban J connectivity index is 2.17. The highest BCUT2D eigenvalue weighted by molar-refractivity contribution is 9.10. The van der Waals surface area contributed by atoms with Crippen molar-refractivity contribution in [1.82, 2.24) is 0 Å². The van der Waals surface area contributed by atoms with E-state index in [4.69, 9.17) is 20.8 Å². The summed E-state index contributed by atoms with van der Waals surface area (Å²) in [6.07, 6.45) is 0. The fraction of sp³-hybridized carbons (Fsp3) is 0.0909. The zero-order chi connectivity index (χ0) is 13.1. The third-order valence-electron chi connectivity index (χ3n) is 2.12. The Hall–Kier alpha value is -1.53. The van der Waals surface area contributed by atoms with Crippen LogP contribution in [0.1, 0.15) is 5.76 Å². The van der Waals surface area contributed by atoms with Crippen molar-refractivity contribution >= 4 is 33.2 Å². The maximum absolute atomic E-state index is 10.8. The van der Waals surface area contributed by atoms with E-state index in [-0.39, 0.29) is 18.0 Å². The lowest BCUT2D eigenvalue weighted by atomic mass is 10.3. The van der Waals surface area contributed by atoms with Crippen LogP contribution in [0.5, 0.6) is 5.75 Å². The van der Waals surface area contributed by atoms with Crippen molar-refractivity contribution in [3.8, 4) is 5.75 Å². The van der Waals surface area contributed by atoms with E-state index in [0.717, 1.165) is 0 Å². The van der Waals surface area contributed by atoms with Gasteiger partial charge in [0.1, 0.15) is 12.4 Å². The van der Waals surface area contributed by atoms with Gasteiger partial charge in [0.2, 0.25) is 0 Å². The Kier molecular flexibility index (Phi) is 3.88. The normalized spacial score (nSPS) is 10.3. The quantitative estimate of drug-likeness (QED) is 0.622. The highest BCUT2D eigenvalue weighted by atomic mass is 79.9. The summed E-state index contributed by atoms with van der Waals surface area (Å²) in [5.74, 6) is 0.663. The Labute approximate surface area is 116 Å². The molecule has 0 radical (unpaired) electrons. The highest BCUT2D eigenvalue weighted by Gasteiger charge is 2.15. The molecule has 0 aliphatic heterocycles. The van der Waals surface area contributed by atoms with Crippen LogP contribution in [0.2, 0.25) is 5.02 Å². The molecule has 94 valence electrons. The molecular formula is C11H7BrClNO4. The van der Waals surface area contributed by atoms with Gasteiger partial charge in [0, 0.05) is 17.2 Å². The van der Waals surface area contributed by atoms with Gasteiger partial charge < -0.3 is 9.15 Å². The number of nitrogens with zero attached hydrogens (tertiary/aromatic N) is 1. The first-order valence-corrected chi connectivity index (χ1v) is 6.04. The van der Waals surface area contributed by atoms with E-state index in [1.807, 2.05) is 0 Å². The molecule has 7 heteroatoms. The van der Waals surface area contributed by atoms with Crippen molar-refractivity contribution in [2.45, 2.75) is 6.61 Å². The van der Waals surface area contributed by atoms with Gasteiger partial charge in [0.15, 0.2) is 10.4 Å². The fourth-order valence-corrected chi connectivity index (χ4v) is 1.83. The number of nitro groups is 1. The van der Waals surface area contributed by atoms with Gasteiger partial charge in [-0.3, -0.25) is 10.1 Å². The molecule has 0 unspecified atom stereocenters. The number of hydrogen-bond acceptors (Lipinski definition) is 4. The molecule has 0 saturated carbocycles. The maximum Gasteiger partial charge on any atom is 0.311 e. The van der Waals surface area contributed by atoms with Crippen LogP contribution in [0.25, 0.3) is 0 Å². The summed E-state index contributed by atoms with van der Waals surface area (Å²) in [7, 11) is 0. The van der Waals surface area contributed by atoms with Crippen LogP contribution in [-0.2, 0) is 6.61 Å². The first-order valence-electron chi connectivity index (χ1n) is 4.87. The maximum atomic E-state index is 10.8. The van der Waals surface area contributed by atoms with Crippen LogP contribution in [-0.4, -0.2) is 4.92 Å². The van der Waals surface area contributed by atoms with Gasteiger partial charge in [-0.05, 0) is 34.1 Å². The number of ether oxygens (including phenoxy) is 1. The van der Waals surface area contributed by atoms with Gasteiger partial charge in [0.05, 0.1) is 4.92 Å². The Morgan fingerprint density at radius 1 is 1.39 bits per heavy atom. The first-order chi connectivity index (χ1) is 8.56. The summed E-state index contributed by atoms with van der Waals surface area (Å²) in [6, 6.07) is 7.56. The lowest BCUT2D eigenvalue weighted by Crippen LogP contribution is -1.98. The van der Waals surface area contributed by atoms with E-state index in [1.165, 1.54) is 18.2 Å². The molecule has 2 rings (SSSR count). The molecule has 1 heterocycles. The lowest BCUT2D eigenvalue weighted by molar-refractivity contribution is -0.386. The van der Waals surface area contributed by atoms with Gasteiger partial charge in [-0.2, -0.15) is 0 Å². The summed E-state index contributed by atoms with van der Waals surface area (Å²) in [5.41, 5.74) is -0.134. The largest absolute Gasteiger partial charge is 0.479 e. The van der Waals surface area contributed by atoms with Gasteiger partial charge in [-0.1, -0.05) is 11.6 Å². The van der Waals surface area contributed by atoms with Crippen molar-refractivity contribution in [1.29, 1.82) is 0 Å². The van der Waals surface area contributed by atoms with E-state index >= 15 is 0 Å². The van der Waals surface area contributed by atoms with E-state index in [1.54, 1.807) is 12.1 Å². The van der Waals surface area contributed by atoms with Crippen molar-refractivity contribution in [2.75, 3.05) is 0 Å². The molecular weight excluding hydrogens is 325 g/mol. The fourth-order valence-electron chi connectivity index (χ4n) is 1.33. The topological polar surface area (TPSA) is 65.5 Å². The molecule has 2 aromatic rings. The molecule has 1 aromatic carbocycles. The summed E-state index contributed by atoms with van der Waals surface area (Å²) >= 11 is 8.93. The second kappa shape index (κ2) is 5.41. The number of hydrogen-bond donors (Lipinski definition) is 0. The van der Waals surface area contributed by atoms with Crippen molar-refractivity contribution in [3.05, 3.63) is 55.9 Å². The molecule has 0 fully saturated rings. The minimum absolute atomic E-state index is 0.0901. The number of rotatable bonds is 4. The second-order valence-electron chi connectivity index (χ2n) is 3.36. The minimum atomic E-state index is -0.524. The van der Waals surface area contributed by atoms with Crippen molar-refractivity contribution in [2.24, 2.45) is 0 Å². The molecule has 5 nitrogen and oxygen atoms in total. The predicted octanol–water partition coefficient (Wildman–Crippen LogP) is 4.18. The Morgan fingerprint density at radius 2 is 2.17 bits per heavy atom. The van der Waals surface area contributed by atoms with Gasteiger partial charge >= 0.3 is 5.69 Å². The van der Waals surface area contributed by atoms with Crippen molar-refractivity contribution < 1.29 is 14.1 Å². The van der Waals surface area contributed by atoms with E-state index in [9.17, 15) is 10.1 Å². The van der Waals surface area contributed by atoms with Crippen LogP contribution in [0.4, 0.5) is 5.69 Å². The van der Waals surface area contributed by atoms with Crippen LogP contribution < -0.4 is 4.74 Å². The highest BCUT2D eigenvalue weighted by Crippen LogP contribution is 2.30. The van der Waals surface area contributed by atoms with Crippen LogP contribution in [0, 0.1) is 10.1 Å². The molecule has 1 aromatic heterocycles.